The Morgan fingerprint density at radius 3 is 2.74 bits per heavy atom. The third-order valence-electron chi connectivity index (χ3n) is 5.24. The van der Waals surface area contributed by atoms with Crippen molar-refractivity contribution in [1.82, 2.24) is 9.88 Å². The first kappa shape index (κ1) is 21.6. The summed E-state index contributed by atoms with van der Waals surface area (Å²) in [6.45, 7) is 2.05. The molecule has 3 aromatic rings. The number of aliphatic hydroxyl groups is 1. The molecule has 7 nitrogen and oxygen atoms in total. The molecular formula is C22H23N3O4S2. The number of hydrogen-bond donors (Lipinski definition) is 2. The Kier molecular flexibility index (Phi) is 6.77. The molecule has 1 aliphatic rings. The zero-order chi connectivity index (χ0) is 21.8. The van der Waals surface area contributed by atoms with Crippen LogP contribution in [0.5, 0.6) is 0 Å². The second-order valence-corrected chi connectivity index (χ2v) is 9.26. The number of nitrogens with one attached hydrogen (secondary N) is 1. The Balaban J connectivity index is 1.45. The fourth-order valence-corrected chi connectivity index (χ4v) is 5.07. The summed E-state index contributed by atoms with van der Waals surface area (Å²) in [5.74, 6) is -0.227. The van der Waals surface area contributed by atoms with Gasteiger partial charge in [-0.2, -0.15) is 0 Å². The van der Waals surface area contributed by atoms with Crippen molar-refractivity contribution in [1.29, 1.82) is 0 Å². The average Bonchev–Trinajstić information content (AvgIpc) is 3.42. The third kappa shape index (κ3) is 5.01. The molecule has 2 amide bonds. The van der Waals surface area contributed by atoms with Crippen LogP contribution in [0.4, 0.5) is 5.69 Å². The lowest BCUT2D eigenvalue weighted by Crippen LogP contribution is -2.52. The van der Waals surface area contributed by atoms with Gasteiger partial charge in [-0.05, 0) is 36.1 Å². The number of thiazole rings is 1. The number of carbonyl (C=O) groups excluding carboxylic acids is 2. The number of thiophene rings is 1. The van der Waals surface area contributed by atoms with Gasteiger partial charge in [0.15, 0.2) is 0 Å². The van der Waals surface area contributed by atoms with Crippen LogP contribution in [0.25, 0.3) is 0 Å². The zero-order valence-corrected chi connectivity index (χ0v) is 18.6. The molecule has 0 aliphatic carbocycles. The van der Waals surface area contributed by atoms with Crippen molar-refractivity contribution in [2.75, 3.05) is 18.5 Å². The molecule has 0 saturated carbocycles. The van der Waals surface area contributed by atoms with Crippen LogP contribution in [0.1, 0.15) is 27.1 Å². The van der Waals surface area contributed by atoms with Crippen molar-refractivity contribution < 1.29 is 19.4 Å². The molecule has 162 valence electrons. The fraction of sp³-hybridized carbons (Fsp3) is 0.318. The van der Waals surface area contributed by atoms with Gasteiger partial charge >= 0.3 is 0 Å². The highest BCUT2D eigenvalue weighted by Crippen LogP contribution is 2.31. The highest BCUT2D eigenvalue weighted by molar-refractivity contribution is 7.10. The summed E-state index contributed by atoms with van der Waals surface area (Å²) < 4.78 is 5.80. The molecule has 1 saturated heterocycles. The van der Waals surface area contributed by atoms with Gasteiger partial charge in [0.25, 0.3) is 0 Å². The molecule has 1 aromatic carbocycles. The van der Waals surface area contributed by atoms with Crippen LogP contribution in [0.3, 0.4) is 0 Å². The molecule has 2 N–H and O–H groups in total. The molecule has 31 heavy (non-hydrogen) atoms. The lowest BCUT2D eigenvalue weighted by Gasteiger charge is -2.40. The summed E-state index contributed by atoms with van der Waals surface area (Å²) in [6, 6.07) is 10.7. The molecule has 1 aliphatic heterocycles. The van der Waals surface area contributed by atoms with Crippen LogP contribution in [0.2, 0.25) is 0 Å². The lowest BCUT2D eigenvalue weighted by atomic mass is 9.99. The largest absolute Gasteiger partial charge is 0.394 e. The first-order valence-corrected chi connectivity index (χ1v) is 11.6. The van der Waals surface area contributed by atoms with E-state index in [0.29, 0.717) is 18.7 Å². The smallest absolute Gasteiger partial charge is 0.249 e. The number of nitrogens with zero attached hydrogens (tertiary/aromatic N) is 2. The highest BCUT2D eigenvalue weighted by Gasteiger charge is 2.37. The van der Waals surface area contributed by atoms with E-state index in [9.17, 15) is 14.7 Å². The topological polar surface area (TPSA) is 91.8 Å². The van der Waals surface area contributed by atoms with Crippen LogP contribution >= 0.6 is 22.7 Å². The number of carbonyl (C=O) groups is 2. The molecule has 0 spiro atoms. The molecule has 4 rings (SSSR count). The van der Waals surface area contributed by atoms with Crippen molar-refractivity contribution in [3.63, 3.8) is 0 Å². The summed E-state index contributed by atoms with van der Waals surface area (Å²) in [6.07, 6.45) is -0.113. The molecule has 0 bridgehead atoms. The van der Waals surface area contributed by atoms with Gasteiger partial charge < -0.3 is 20.1 Å². The number of aromatic nitrogens is 1. The summed E-state index contributed by atoms with van der Waals surface area (Å²) in [7, 11) is 0. The molecule has 3 heterocycles. The van der Waals surface area contributed by atoms with E-state index in [2.05, 4.69) is 10.3 Å². The highest BCUT2D eigenvalue weighted by atomic mass is 32.1. The van der Waals surface area contributed by atoms with E-state index in [0.717, 1.165) is 21.0 Å². The minimum Gasteiger partial charge on any atom is -0.394 e. The number of hydrogen-bond acceptors (Lipinski definition) is 7. The average molecular weight is 458 g/mol. The minimum absolute atomic E-state index is 0.0433. The van der Waals surface area contributed by atoms with E-state index in [-0.39, 0.29) is 25.0 Å². The maximum Gasteiger partial charge on any atom is 0.249 e. The summed E-state index contributed by atoms with van der Waals surface area (Å²) in [5, 5.41) is 14.9. The van der Waals surface area contributed by atoms with Gasteiger partial charge in [-0.1, -0.05) is 18.2 Å². The number of aliphatic hydroxyl groups excluding tert-OH is 1. The number of aryl methyl sites for hydroxylation is 1. The van der Waals surface area contributed by atoms with Gasteiger partial charge in [0.1, 0.15) is 12.7 Å². The van der Waals surface area contributed by atoms with Crippen molar-refractivity contribution in [3.8, 4) is 0 Å². The van der Waals surface area contributed by atoms with Gasteiger partial charge in [-0.15, -0.1) is 22.7 Å². The predicted molar refractivity (Wildman–Crippen MR) is 120 cm³/mol. The normalized spacial score (nSPS) is 18.9. The standard InChI is InChI=1S/C22H23N3O4S2/c1-14-19(31-13-23-14)10-25-18(11-26)22(29-12-21(25)28)15-4-6-16(7-5-15)24-20(27)9-17-3-2-8-30-17/h2-8,13,18,22,26H,9-12H2,1H3,(H,24,27). The zero-order valence-electron chi connectivity index (χ0n) is 17.0. The second kappa shape index (κ2) is 9.69. The Morgan fingerprint density at radius 1 is 1.29 bits per heavy atom. The Bertz CT molecular complexity index is 1030. The van der Waals surface area contributed by atoms with Gasteiger partial charge in [-0.3, -0.25) is 9.59 Å². The number of anilines is 1. The number of morpholine rings is 1. The fourth-order valence-electron chi connectivity index (χ4n) is 3.59. The van der Waals surface area contributed by atoms with E-state index in [4.69, 9.17) is 4.74 Å². The first-order chi connectivity index (χ1) is 15.0. The number of amides is 2. The van der Waals surface area contributed by atoms with Crippen molar-refractivity contribution in [2.24, 2.45) is 0 Å². The molecule has 9 heteroatoms. The summed E-state index contributed by atoms with van der Waals surface area (Å²) >= 11 is 3.05. The van der Waals surface area contributed by atoms with Crippen molar-refractivity contribution >= 4 is 40.2 Å². The molecule has 2 unspecified atom stereocenters. The van der Waals surface area contributed by atoms with Crippen LogP contribution < -0.4 is 5.32 Å². The minimum atomic E-state index is -0.498. The van der Waals surface area contributed by atoms with Crippen LogP contribution in [0.15, 0.2) is 47.3 Å². The molecule has 2 aromatic heterocycles. The lowest BCUT2D eigenvalue weighted by molar-refractivity contribution is -0.161. The quantitative estimate of drug-likeness (QED) is 0.569. The first-order valence-electron chi connectivity index (χ1n) is 9.88. The Morgan fingerprint density at radius 2 is 2.10 bits per heavy atom. The van der Waals surface area contributed by atoms with Crippen LogP contribution in [0, 0.1) is 6.92 Å². The van der Waals surface area contributed by atoms with E-state index >= 15 is 0 Å². The summed E-state index contributed by atoms with van der Waals surface area (Å²) in [5.41, 5.74) is 4.18. The van der Waals surface area contributed by atoms with Crippen LogP contribution in [-0.4, -0.2) is 46.1 Å². The maximum absolute atomic E-state index is 12.5. The van der Waals surface area contributed by atoms with Gasteiger partial charge in [-0.25, -0.2) is 4.98 Å². The van der Waals surface area contributed by atoms with Gasteiger partial charge in [0.2, 0.25) is 11.8 Å². The van der Waals surface area contributed by atoms with E-state index < -0.39 is 12.1 Å². The number of rotatable bonds is 7. The Labute approximate surface area is 188 Å². The monoisotopic (exact) mass is 457 g/mol. The predicted octanol–water partition coefficient (Wildman–Crippen LogP) is 3.16. The van der Waals surface area contributed by atoms with Gasteiger partial charge in [0.05, 0.1) is 36.8 Å². The van der Waals surface area contributed by atoms with E-state index in [1.807, 2.05) is 48.7 Å². The third-order valence-corrected chi connectivity index (χ3v) is 7.04. The van der Waals surface area contributed by atoms with E-state index in [1.165, 1.54) is 11.3 Å². The second-order valence-electron chi connectivity index (χ2n) is 7.29. The van der Waals surface area contributed by atoms with Gasteiger partial charge in [0, 0.05) is 15.4 Å². The molecular weight excluding hydrogens is 434 g/mol. The molecule has 0 radical (unpaired) electrons. The van der Waals surface area contributed by atoms with Crippen LogP contribution in [-0.2, 0) is 27.3 Å². The molecule has 1 fully saturated rings. The number of ether oxygens (including phenoxy) is 1. The maximum atomic E-state index is 12.5. The van der Waals surface area contributed by atoms with Crippen molar-refractivity contribution in [3.05, 3.63) is 68.3 Å². The molecule has 2 atom stereocenters. The van der Waals surface area contributed by atoms with E-state index in [1.54, 1.807) is 21.7 Å². The SMILES string of the molecule is Cc1ncsc1CN1C(=O)COC(c2ccc(NC(=O)Cc3cccs3)cc2)C1CO. The summed E-state index contributed by atoms with van der Waals surface area (Å²) in [4.78, 5) is 32.6. The van der Waals surface area contributed by atoms with Crippen molar-refractivity contribution in [2.45, 2.75) is 32.0 Å². The Hall–Kier alpha value is -2.59. The number of benzene rings is 1.